The number of likely N-dealkylation sites (tertiary alicyclic amines) is 1. The van der Waals surface area contributed by atoms with Crippen LogP contribution in [0.25, 0.3) is 0 Å². The molecule has 2 rings (SSSR count). The van der Waals surface area contributed by atoms with Gasteiger partial charge in [-0.25, -0.2) is 0 Å². The number of piperidine rings is 1. The van der Waals surface area contributed by atoms with E-state index in [0.717, 1.165) is 25.0 Å². The molecule has 2 fully saturated rings. The van der Waals surface area contributed by atoms with Crippen LogP contribution in [-0.4, -0.2) is 49.6 Å². The van der Waals surface area contributed by atoms with E-state index in [2.05, 4.69) is 34.4 Å². The van der Waals surface area contributed by atoms with E-state index < -0.39 is 0 Å². The first-order chi connectivity index (χ1) is 9.12. The molecule has 0 radical (unpaired) electrons. The van der Waals surface area contributed by atoms with Gasteiger partial charge in [-0.15, -0.1) is 0 Å². The Kier molecular flexibility index (Phi) is 5.08. The van der Waals surface area contributed by atoms with Crippen molar-refractivity contribution in [2.24, 2.45) is 10.9 Å². The minimum Gasteiger partial charge on any atom is -0.356 e. The van der Waals surface area contributed by atoms with Crippen LogP contribution in [0.15, 0.2) is 4.99 Å². The second-order valence-electron chi connectivity index (χ2n) is 6.61. The van der Waals surface area contributed by atoms with Gasteiger partial charge in [0.25, 0.3) is 0 Å². The van der Waals surface area contributed by atoms with Crippen molar-refractivity contribution in [3.63, 3.8) is 0 Å². The van der Waals surface area contributed by atoms with Crippen LogP contribution in [0.3, 0.4) is 0 Å². The summed E-state index contributed by atoms with van der Waals surface area (Å²) in [4.78, 5) is 6.92. The zero-order chi connectivity index (χ0) is 13.7. The van der Waals surface area contributed by atoms with Crippen molar-refractivity contribution >= 4 is 5.96 Å². The van der Waals surface area contributed by atoms with E-state index in [1.807, 2.05) is 7.05 Å². The number of hydrogen-bond donors (Lipinski definition) is 2. The van der Waals surface area contributed by atoms with Gasteiger partial charge in [-0.05, 0) is 58.5 Å². The molecule has 4 heteroatoms. The fourth-order valence-electron chi connectivity index (χ4n) is 2.69. The van der Waals surface area contributed by atoms with Crippen LogP contribution in [0.4, 0.5) is 0 Å². The molecular formula is C15H30N4. The Hall–Kier alpha value is -0.770. The summed E-state index contributed by atoms with van der Waals surface area (Å²) in [6, 6.07) is 0. The summed E-state index contributed by atoms with van der Waals surface area (Å²) < 4.78 is 0. The molecule has 0 aromatic heterocycles. The van der Waals surface area contributed by atoms with Crippen molar-refractivity contribution < 1.29 is 0 Å². The van der Waals surface area contributed by atoms with E-state index in [4.69, 9.17) is 0 Å². The summed E-state index contributed by atoms with van der Waals surface area (Å²) in [5.41, 5.74) is 0.206. The average molecular weight is 266 g/mol. The van der Waals surface area contributed by atoms with Crippen molar-refractivity contribution in [3.8, 4) is 0 Å². The maximum Gasteiger partial charge on any atom is 0.191 e. The van der Waals surface area contributed by atoms with Gasteiger partial charge in [0.1, 0.15) is 0 Å². The number of nitrogens with one attached hydrogen (secondary N) is 2. The van der Waals surface area contributed by atoms with Gasteiger partial charge in [-0.1, -0.05) is 6.42 Å². The molecule has 2 aliphatic rings. The maximum absolute atomic E-state index is 4.31. The largest absolute Gasteiger partial charge is 0.356 e. The molecular weight excluding hydrogens is 236 g/mol. The normalized spacial score (nSPS) is 22.4. The predicted molar refractivity (Wildman–Crippen MR) is 81.6 cm³/mol. The van der Waals surface area contributed by atoms with Gasteiger partial charge in [-0.2, -0.15) is 0 Å². The third kappa shape index (κ3) is 4.68. The van der Waals surface area contributed by atoms with Crippen molar-refractivity contribution in [1.29, 1.82) is 0 Å². The van der Waals surface area contributed by atoms with Gasteiger partial charge < -0.3 is 10.6 Å². The van der Waals surface area contributed by atoms with Crippen molar-refractivity contribution in [2.75, 3.05) is 33.2 Å². The first-order valence-electron chi connectivity index (χ1n) is 7.81. The number of aliphatic imine (C=N–C) groups is 1. The lowest BCUT2D eigenvalue weighted by molar-refractivity contribution is 0.0982. The van der Waals surface area contributed by atoms with Gasteiger partial charge in [0.05, 0.1) is 0 Å². The van der Waals surface area contributed by atoms with Crippen LogP contribution in [0, 0.1) is 5.92 Å². The molecule has 0 aromatic rings. The molecule has 0 bridgehead atoms. The van der Waals surface area contributed by atoms with Crippen molar-refractivity contribution in [2.45, 2.75) is 51.5 Å². The maximum atomic E-state index is 4.31. The second kappa shape index (κ2) is 6.60. The Bertz CT molecular complexity index is 301. The Labute approximate surface area is 118 Å². The van der Waals surface area contributed by atoms with Gasteiger partial charge in [-0.3, -0.25) is 9.89 Å². The first kappa shape index (κ1) is 14.6. The summed E-state index contributed by atoms with van der Waals surface area (Å²) in [6.45, 7) is 9.17. The van der Waals surface area contributed by atoms with Crippen molar-refractivity contribution in [1.82, 2.24) is 15.5 Å². The Morgan fingerprint density at radius 1 is 1.16 bits per heavy atom. The Morgan fingerprint density at radius 2 is 1.84 bits per heavy atom. The summed E-state index contributed by atoms with van der Waals surface area (Å²) in [5, 5.41) is 6.91. The van der Waals surface area contributed by atoms with E-state index in [1.54, 1.807) is 0 Å². The molecule has 1 heterocycles. The molecule has 110 valence electrons. The second-order valence-corrected chi connectivity index (χ2v) is 6.61. The molecule has 1 saturated heterocycles. The third-order valence-electron chi connectivity index (χ3n) is 4.38. The molecule has 0 atom stereocenters. The lowest BCUT2D eigenvalue weighted by Crippen LogP contribution is -2.55. The molecule has 0 unspecified atom stereocenters. The summed E-state index contributed by atoms with van der Waals surface area (Å²) in [5.74, 6) is 1.84. The fourth-order valence-corrected chi connectivity index (χ4v) is 2.69. The lowest BCUT2D eigenvalue weighted by Gasteiger charge is -2.41. The van der Waals surface area contributed by atoms with Crippen LogP contribution in [0.1, 0.15) is 46.0 Å². The van der Waals surface area contributed by atoms with E-state index in [9.17, 15) is 0 Å². The molecule has 19 heavy (non-hydrogen) atoms. The Morgan fingerprint density at radius 3 is 2.42 bits per heavy atom. The summed E-state index contributed by atoms with van der Waals surface area (Å²) in [6.07, 6.45) is 6.84. The predicted octanol–water partition coefficient (Wildman–Crippen LogP) is 1.83. The fraction of sp³-hybridized carbons (Fsp3) is 0.933. The van der Waals surface area contributed by atoms with E-state index in [-0.39, 0.29) is 5.54 Å². The zero-order valence-electron chi connectivity index (χ0n) is 12.8. The minimum atomic E-state index is 0.206. The Balaban J connectivity index is 1.74. The highest BCUT2D eigenvalue weighted by Crippen LogP contribution is 2.27. The zero-order valence-corrected chi connectivity index (χ0v) is 12.8. The smallest absolute Gasteiger partial charge is 0.191 e. The monoisotopic (exact) mass is 266 g/mol. The van der Waals surface area contributed by atoms with Gasteiger partial charge >= 0.3 is 0 Å². The van der Waals surface area contributed by atoms with Crippen LogP contribution >= 0.6 is 0 Å². The highest BCUT2D eigenvalue weighted by molar-refractivity contribution is 5.79. The highest BCUT2D eigenvalue weighted by atomic mass is 15.2. The molecule has 1 saturated carbocycles. The summed E-state index contributed by atoms with van der Waals surface area (Å²) >= 11 is 0. The number of nitrogens with zero attached hydrogens (tertiary/aromatic N) is 2. The van der Waals surface area contributed by atoms with Crippen LogP contribution < -0.4 is 10.6 Å². The van der Waals surface area contributed by atoms with Crippen LogP contribution in [-0.2, 0) is 0 Å². The van der Waals surface area contributed by atoms with E-state index in [0.29, 0.717) is 0 Å². The number of rotatable bonds is 5. The molecule has 2 N–H and O–H groups in total. The molecule has 0 amide bonds. The average Bonchev–Trinajstić information content (AvgIpc) is 3.24. The quantitative estimate of drug-likeness (QED) is 0.589. The molecule has 1 aliphatic heterocycles. The molecule has 0 spiro atoms. The van der Waals surface area contributed by atoms with E-state index in [1.165, 1.54) is 45.2 Å². The van der Waals surface area contributed by atoms with Gasteiger partial charge in [0.15, 0.2) is 5.96 Å². The van der Waals surface area contributed by atoms with Crippen LogP contribution in [0.5, 0.6) is 0 Å². The summed E-state index contributed by atoms with van der Waals surface area (Å²) in [7, 11) is 1.86. The lowest BCUT2D eigenvalue weighted by atomic mass is 9.98. The minimum absolute atomic E-state index is 0.206. The molecule has 0 aromatic carbocycles. The van der Waals surface area contributed by atoms with Crippen LogP contribution in [0.2, 0.25) is 0 Å². The standard InChI is InChI=1S/C15H30N4/c1-15(2,19-9-5-4-6-10-19)12-18-14(16-3)17-11-13-7-8-13/h13H,4-12H2,1-3H3,(H2,16,17,18). The van der Waals surface area contributed by atoms with Gasteiger partial charge in [0.2, 0.25) is 0 Å². The highest BCUT2D eigenvalue weighted by Gasteiger charge is 2.28. The number of guanidine groups is 1. The topological polar surface area (TPSA) is 39.7 Å². The third-order valence-corrected chi connectivity index (χ3v) is 4.38. The SMILES string of the molecule is CN=C(NCC1CC1)NCC(C)(C)N1CCCCC1. The van der Waals surface area contributed by atoms with Gasteiger partial charge in [0, 0.05) is 25.7 Å². The van der Waals surface area contributed by atoms with Crippen molar-refractivity contribution in [3.05, 3.63) is 0 Å². The van der Waals surface area contributed by atoms with E-state index >= 15 is 0 Å². The molecule has 4 nitrogen and oxygen atoms in total. The molecule has 1 aliphatic carbocycles. The first-order valence-corrected chi connectivity index (χ1v) is 7.81. The number of hydrogen-bond acceptors (Lipinski definition) is 2.